The number of urea groups is 1. The first-order valence-corrected chi connectivity index (χ1v) is 6.75. The maximum atomic E-state index is 12.0. The lowest BCUT2D eigenvalue weighted by molar-refractivity contribution is 0.197. The van der Waals surface area contributed by atoms with Gasteiger partial charge in [0, 0.05) is 19.6 Å². The lowest BCUT2D eigenvalue weighted by atomic mass is 10.1. The highest BCUT2D eigenvalue weighted by molar-refractivity contribution is 5.74. The van der Waals surface area contributed by atoms with Crippen molar-refractivity contribution in [2.75, 3.05) is 13.1 Å². The van der Waals surface area contributed by atoms with E-state index < -0.39 is 0 Å². The summed E-state index contributed by atoms with van der Waals surface area (Å²) in [6, 6.07) is 8.26. The highest BCUT2D eigenvalue weighted by Gasteiger charge is 2.10. The highest BCUT2D eigenvalue weighted by Crippen LogP contribution is 2.04. The maximum absolute atomic E-state index is 12.0. The molecule has 0 aliphatic rings. The van der Waals surface area contributed by atoms with Crippen LogP contribution in [0.25, 0.3) is 0 Å². The monoisotopic (exact) mass is 248 g/mol. The van der Waals surface area contributed by atoms with Crippen molar-refractivity contribution in [1.82, 2.24) is 10.2 Å². The Morgan fingerprint density at radius 2 is 1.89 bits per heavy atom. The van der Waals surface area contributed by atoms with Gasteiger partial charge < -0.3 is 10.2 Å². The van der Waals surface area contributed by atoms with E-state index in [1.807, 2.05) is 17.0 Å². The summed E-state index contributed by atoms with van der Waals surface area (Å²) in [4.78, 5) is 13.9. The molecule has 100 valence electrons. The quantitative estimate of drug-likeness (QED) is 0.823. The fourth-order valence-corrected chi connectivity index (χ4v) is 1.97. The molecule has 0 atom stereocenters. The van der Waals surface area contributed by atoms with Gasteiger partial charge in [0.15, 0.2) is 0 Å². The zero-order chi connectivity index (χ0) is 13.4. The molecule has 0 aromatic heterocycles. The first-order valence-electron chi connectivity index (χ1n) is 6.75. The number of amides is 2. The average Bonchev–Trinajstić information content (AvgIpc) is 2.36. The third kappa shape index (κ3) is 4.78. The Labute approximate surface area is 110 Å². The second kappa shape index (κ2) is 7.75. The molecule has 1 aromatic rings. The molecule has 0 saturated heterocycles. The summed E-state index contributed by atoms with van der Waals surface area (Å²) in [5.74, 6) is 0. The molecule has 3 heteroatoms. The topological polar surface area (TPSA) is 32.3 Å². The van der Waals surface area contributed by atoms with Gasteiger partial charge in [-0.2, -0.15) is 0 Å². The van der Waals surface area contributed by atoms with Gasteiger partial charge in [0.1, 0.15) is 0 Å². The van der Waals surface area contributed by atoms with Crippen LogP contribution >= 0.6 is 0 Å². The Balaban J connectivity index is 2.48. The third-order valence-electron chi connectivity index (χ3n) is 2.80. The molecule has 0 aliphatic carbocycles. The zero-order valence-electron chi connectivity index (χ0n) is 11.7. The lowest BCUT2D eigenvalue weighted by Gasteiger charge is -2.21. The van der Waals surface area contributed by atoms with Gasteiger partial charge in [-0.25, -0.2) is 4.79 Å². The van der Waals surface area contributed by atoms with Crippen LogP contribution in [0.2, 0.25) is 0 Å². The van der Waals surface area contributed by atoms with Gasteiger partial charge in [0.2, 0.25) is 0 Å². The first kappa shape index (κ1) is 14.6. The molecule has 0 spiro atoms. The molecule has 1 rings (SSSR count). The van der Waals surface area contributed by atoms with Crippen LogP contribution in [0.5, 0.6) is 0 Å². The van der Waals surface area contributed by atoms with E-state index in [0.717, 1.165) is 31.5 Å². The number of aryl methyl sites for hydroxylation is 1. The minimum absolute atomic E-state index is 0.0419. The molecular weight excluding hydrogens is 224 g/mol. The van der Waals surface area contributed by atoms with Crippen LogP contribution in [-0.2, 0) is 6.54 Å². The molecule has 0 aliphatic heterocycles. The molecule has 0 bridgehead atoms. The van der Waals surface area contributed by atoms with Gasteiger partial charge in [-0.1, -0.05) is 43.7 Å². The van der Waals surface area contributed by atoms with Gasteiger partial charge in [-0.05, 0) is 25.3 Å². The summed E-state index contributed by atoms with van der Waals surface area (Å²) in [7, 11) is 0. The van der Waals surface area contributed by atoms with Crippen molar-refractivity contribution in [1.29, 1.82) is 0 Å². The van der Waals surface area contributed by atoms with Crippen molar-refractivity contribution in [2.45, 2.75) is 40.2 Å². The van der Waals surface area contributed by atoms with E-state index in [4.69, 9.17) is 0 Å². The number of benzene rings is 1. The van der Waals surface area contributed by atoms with E-state index in [2.05, 4.69) is 38.2 Å². The highest BCUT2D eigenvalue weighted by atomic mass is 16.2. The Kier molecular flexibility index (Phi) is 6.26. The molecule has 18 heavy (non-hydrogen) atoms. The normalized spacial score (nSPS) is 10.2. The van der Waals surface area contributed by atoms with Crippen molar-refractivity contribution in [3.63, 3.8) is 0 Å². The van der Waals surface area contributed by atoms with Crippen LogP contribution in [-0.4, -0.2) is 24.0 Å². The molecule has 0 unspecified atom stereocenters. The van der Waals surface area contributed by atoms with E-state index >= 15 is 0 Å². The number of hydrogen-bond donors (Lipinski definition) is 1. The second-order valence-electron chi connectivity index (χ2n) is 4.63. The number of hydrogen-bond acceptors (Lipinski definition) is 1. The summed E-state index contributed by atoms with van der Waals surface area (Å²) in [5.41, 5.74) is 2.37. The Hall–Kier alpha value is -1.51. The number of carbonyl (C=O) groups excluding carboxylic acids is 1. The zero-order valence-corrected chi connectivity index (χ0v) is 11.7. The first-order chi connectivity index (χ1) is 8.67. The van der Waals surface area contributed by atoms with Crippen LogP contribution in [0, 0.1) is 6.92 Å². The number of carbonyl (C=O) groups is 1. The van der Waals surface area contributed by atoms with E-state index in [1.54, 1.807) is 0 Å². The molecule has 0 saturated carbocycles. The largest absolute Gasteiger partial charge is 0.334 e. The summed E-state index contributed by atoms with van der Waals surface area (Å²) in [5, 5.41) is 2.98. The third-order valence-corrected chi connectivity index (χ3v) is 2.80. The van der Waals surface area contributed by atoms with Gasteiger partial charge >= 0.3 is 6.03 Å². The fraction of sp³-hybridized carbons (Fsp3) is 0.533. The van der Waals surface area contributed by atoms with E-state index in [-0.39, 0.29) is 6.03 Å². The fourth-order valence-electron chi connectivity index (χ4n) is 1.97. The number of nitrogens with zero attached hydrogens (tertiary/aromatic N) is 1. The van der Waals surface area contributed by atoms with Crippen LogP contribution in [0.15, 0.2) is 24.3 Å². The van der Waals surface area contributed by atoms with Crippen molar-refractivity contribution in [3.8, 4) is 0 Å². The van der Waals surface area contributed by atoms with Crippen LogP contribution in [0.4, 0.5) is 4.79 Å². The molecular formula is C15H24N2O. The van der Waals surface area contributed by atoms with Crippen LogP contribution < -0.4 is 5.32 Å². The molecule has 0 radical (unpaired) electrons. The number of rotatable bonds is 6. The molecule has 1 N–H and O–H groups in total. The Morgan fingerprint density at radius 1 is 1.22 bits per heavy atom. The molecule has 2 amide bonds. The summed E-state index contributed by atoms with van der Waals surface area (Å²) >= 11 is 0. The molecule has 0 heterocycles. The van der Waals surface area contributed by atoms with Crippen LogP contribution in [0.1, 0.15) is 37.8 Å². The minimum atomic E-state index is 0.0419. The van der Waals surface area contributed by atoms with E-state index in [1.165, 1.54) is 5.56 Å². The summed E-state index contributed by atoms with van der Waals surface area (Å²) in [6.07, 6.45) is 2.00. The smallest absolute Gasteiger partial charge is 0.317 e. The van der Waals surface area contributed by atoms with E-state index in [0.29, 0.717) is 6.54 Å². The molecule has 0 fully saturated rings. The van der Waals surface area contributed by atoms with Crippen molar-refractivity contribution in [2.24, 2.45) is 0 Å². The lowest BCUT2D eigenvalue weighted by Crippen LogP contribution is -2.40. The van der Waals surface area contributed by atoms with Crippen molar-refractivity contribution in [3.05, 3.63) is 35.4 Å². The second-order valence-corrected chi connectivity index (χ2v) is 4.63. The van der Waals surface area contributed by atoms with Gasteiger partial charge in [-0.3, -0.25) is 0 Å². The average molecular weight is 248 g/mol. The molecule has 1 aromatic carbocycles. The molecule has 3 nitrogen and oxygen atoms in total. The Bertz CT molecular complexity index is 371. The summed E-state index contributed by atoms with van der Waals surface area (Å²) in [6.45, 7) is 8.50. The van der Waals surface area contributed by atoms with Crippen molar-refractivity contribution >= 4 is 6.03 Å². The van der Waals surface area contributed by atoms with Gasteiger partial charge in [0.05, 0.1) is 0 Å². The van der Waals surface area contributed by atoms with Crippen LogP contribution in [0.3, 0.4) is 0 Å². The van der Waals surface area contributed by atoms with E-state index in [9.17, 15) is 4.79 Å². The number of nitrogens with one attached hydrogen (secondary N) is 1. The predicted octanol–water partition coefficient (Wildman–Crippen LogP) is 3.33. The van der Waals surface area contributed by atoms with Gasteiger partial charge in [-0.15, -0.1) is 0 Å². The SMILES string of the molecule is CCCN(CCC)C(=O)NCc1cccc(C)c1. The van der Waals surface area contributed by atoms with Gasteiger partial charge in [0.25, 0.3) is 0 Å². The Morgan fingerprint density at radius 3 is 2.44 bits per heavy atom. The minimum Gasteiger partial charge on any atom is -0.334 e. The summed E-state index contributed by atoms with van der Waals surface area (Å²) < 4.78 is 0. The van der Waals surface area contributed by atoms with Crippen molar-refractivity contribution < 1.29 is 4.79 Å². The maximum Gasteiger partial charge on any atom is 0.317 e. The predicted molar refractivity (Wildman–Crippen MR) is 75.6 cm³/mol. The standard InChI is InChI=1S/C15H24N2O/c1-4-9-17(10-5-2)15(18)16-12-14-8-6-7-13(3)11-14/h6-8,11H,4-5,9-10,12H2,1-3H3,(H,16,18).